The normalized spacial score (nSPS) is 16.0. The zero-order chi connectivity index (χ0) is 14.8. The molecule has 0 saturated carbocycles. The van der Waals surface area contributed by atoms with Gasteiger partial charge in [0.05, 0.1) is 6.61 Å². The molecule has 1 amide bonds. The van der Waals surface area contributed by atoms with Crippen molar-refractivity contribution in [2.75, 3.05) is 13.3 Å². The first-order valence-corrected chi connectivity index (χ1v) is 7.26. The topological polar surface area (TPSA) is 59.9 Å². The number of rotatable bonds is 4. The van der Waals surface area contributed by atoms with E-state index in [1.807, 2.05) is 6.07 Å². The van der Waals surface area contributed by atoms with Crippen LogP contribution in [0, 0.1) is 0 Å². The van der Waals surface area contributed by atoms with Gasteiger partial charge in [0.2, 0.25) is 5.90 Å². The number of aliphatic imine (C=N–C) groups is 1. The predicted molar refractivity (Wildman–Crippen MR) is 80.9 cm³/mol. The van der Waals surface area contributed by atoms with E-state index in [0.29, 0.717) is 34.6 Å². The minimum atomic E-state index is -0.190. The lowest BCUT2D eigenvalue weighted by Gasteiger charge is -2.23. The molecular formula is C15H15ClN2O3. The highest BCUT2D eigenvalue weighted by Crippen LogP contribution is 2.41. The summed E-state index contributed by atoms with van der Waals surface area (Å²) in [5.74, 6) is 1.19. The highest BCUT2D eigenvalue weighted by Gasteiger charge is 2.29. The van der Waals surface area contributed by atoms with Gasteiger partial charge in [0, 0.05) is 5.56 Å². The van der Waals surface area contributed by atoms with E-state index in [-0.39, 0.29) is 12.6 Å². The summed E-state index contributed by atoms with van der Waals surface area (Å²) in [7, 11) is 0. The molecule has 6 heteroatoms. The van der Waals surface area contributed by atoms with Crippen molar-refractivity contribution in [1.82, 2.24) is 5.32 Å². The van der Waals surface area contributed by atoms with Crippen LogP contribution in [0.2, 0.25) is 5.02 Å². The Morgan fingerprint density at radius 2 is 2.33 bits per heavy atom. The first kappa shape index (κ1) is 13.9. The molecule has 21 heavy (non-hydrogen) atoms. The number of hydrogen-bond acceptors (Lipinski definition) is 4. The lowest BCUT2D eigenvalue weighted by atomic mass is 10.1. The molecule has 3 rings (SSSR count). The molecule has 0 atom stereocenters. The number of halogens is 1. The minimum Gasteiger partial charge on any atom is -0.492 e. The number of ether oxygens (including phenoxy) is 2. The van der Waals surface area contributed by atoms with Crippen LogP contribution >= 0.6 is 11.6 Å². The smallest absolute Gasteiger partial charge is 0.258 e. The molecular weight excluding hydrogens is 292 g/mol. The van der Waals surface area contributed by atoms with E-state index in [1.54, 1.807) is 12.1 Å². The first-order valence-electron chi connectivity index (χ1n) is 6.88. The SMILES string of the molecule is CCCCOc1ccc2c(c1Cl)OC1=NCNC(=O)C1=C2. The minimum absolute atomic E-state index is 0.190. The molecule has 0 aliphatic carbocycles. The van der Waals surface area contributed by atoms with Gasteiger partial charge in [0.15, 0.2) is 5.75 Å². The largest absolute Gasteiger partial charge is 0.492 e. The Kier molecular flexibility index (Phi) is 3.84. The molecule has 0 bridgehead atoms. The van der Waals surface area contributed by atoms with Gasteiger partial charge in [-0.05, 0) is 24.6 Å². The summed E-state index contributed by atoms with van der Waals surface area (Å²) in [6.45, 7) is 2.92. The molecule has 2 heterocycles. The Hall–Kier alpha value is -2.01. The van der Waals surface area contributed by atoms with E-state index in [0.717, 1.165) is 18.4 Å². The number of carbonyl (C=O) groups excluding carboxylic acids is 1. The van der Waals surface area contributed by atoms with Gasteiger partial charge >= 0.3 is 0 Å². The average Bonchev–Trinajstić information content (AvgIpc) is 2.49. The van der Waals surface area contributed by atoms with Gasteiger partial charge in [-0.3, -0.25) is 4.79 Å². The first-order chi connectivity index (χ1) is 10.2. The van der Waals surface area contributed by atoms with E-state index in [4.69, 9.17) is 21.1 Å². The number of amides is 1. The van der Waals surface area contributed by atoms with Crippen LogP contribution in [0.15, 0.2) is 22.7 Å². The third-order valence-corrected chi connectivity index (χ3v) is 3.64. The molecule has 110 valence electrons. The second kappa shape index (κ2) is 5.77. The monoisotopic (exact) mass is 306 g/mol. The van der Waals surface area contributed by atoms with Crippen molar-refractivity contribution in [3.8, 4) is 11.5 Å². The van der Waals surface area contributed by atoms with Crippen molar-refractivity contribution in [3.05, 3.63) is 28.3 Å². The van der Waals surface area contributed by atoms with Gasteiger partial charge in [-0.15, -0.1) is 0 Å². The summed E-state index contributed by atoms with van der Waals surface area (Å²) >= 11 is 6.34. The Balaban J connectivity index is 1.94. The van der Waals surface area contributed by atoms with Crippen molar-refractivity contribution >= 4 is 29.5 Å². The van der Waals surface area contributed by atoms with Gasteiger partial charge in [0.1, 0.15) is 23.0 Å². The number of hydrogen-bond donors (Lipinski definition) is 1. The molecule has 1 aromatic carbocycles. The van der Waals surface area contributed by atoms with Gasteiger partial charge in [-0.1, -0.05) is 24.9 Å². The number of nitrogens with zero attached hydrogens (tertiary/aromatic N) is 1. The second-order valence-corrected chi connectivity index (χ2v) is 5.16. The molecule has 1 aromatic rings. The van der Waals surface area contributed by atoms with E-state index in [2.05, 4.69) is 17.2 Å². The van der Waals surface area contributed by atoms with Gasteiger partial charge in [0.25, 0.3) is 5.91 Å². The molecule has 0 saturated heterocycles. The number of unbranched alkanes of at least 4 members (excludes halogenated alkanes) is 1. The fourth-order valence-corrected chi connectivity index (χ4v) is 2.40. The molecule has 2 aliphatic rings. The third-order valence-electron chi connectivity index (χ3n) is 3.28. The molecule has 0 spiro atoms. The van der Waals surface area contributed by atoms with Crippen molar-refractivity contribution in [1.29, 1.82) is 0 Å². The molecule has 0 aromatic heterocycles. The van der Waals surface area contributed by atoms with Crippen LogP contribution in [0.5, 0.6) is 11.5 Å². The number of fused-ring (bicyclic) bond motifs is 2. The number of carbonyl (C=O) groups is 1. The fourth-order valence-electron chi connectivity index (χ4n) is 2.14. The summed E-state index contributed by atoms with van der Waals surface area (Å²) in [6.07, 6.45) is 3.75. The Morgan fingerprint density at radius 3 is 3.14 bits per heavy atom. The number of benzene rings is 1. The van der Waals surface area contributed by atoms with Crippen LogP contribution in [-0.4, -0.2) is 25.1 Å². The van der Waals surface area contributed by atoms with E-state index < -0.39 is 0 Å². The Labute approximate surface area is 127 Å². The summed E-state index contributed by atoms with van der Waals surface area (Å²) in [6, 6.07) is 3.62. The van der Waals surface area contributed by atoms with Crippen LogP contribution in [0.3, 0.4) is 0 Å². The molecule has 0 fully saturated rings. The van der Waals surface area contributed by atoms with Crippen molar-refractivity contribution in [3.63, 3.8) is 0 Å². The molecule has 0 unspecified atom stereocenters. The van der Waals surface area contributed by atoms with Crippen molar-refractivity contribution in [2.24, 2.45) is 4.99 Å². The summed E-state index contributed by atoms with van der Waals surface area (Å²) in [5, 5.41) is 3.05. The molecule has 5 nitrogen and oxygen atoms in total. The van der Waals surface area contributed by atoms with Crippen LogP contribution < -0.4 is 14.8 Å². The molecule has 0 radical (unpaired) electrons. The molecule has 2 aliphatic heterocycles. The second-order valence-electron chi connectivity index (χ2n) is 4.79. The maximum absolute atomic E-state index is 11.8. The Bertz CT molecular complexity index is 653. The highest BCUT2D eigenvalue weighted by atomic mass is 35.5. The van der Waals surface area contributed by atoms with Crippen LogP contribution in [0.4, 0.5) is 0 Å². The highest BCUT2D eigenvalue weighted by molar-refractivity contribution is 6.35. The van der Waals surface area contributed by atoms with Gasteiger partial charge < -0.3 is 14.8 Å². The van der Waals surface area contributed by atoms with Crippen molar-refractivity contribution in [2.45, 2.75) is 19.8 Å². The number of nitrogens with one attached hydrogen (secondary N) is 1. The van der Waals surface area contributed by atoms with E-state index >= 15 is 0 Å². The Morgan fingerprint density at radius 1 is 1.48 bits per heavy atom. The van der Waals surface area contributed by atoms with Gasteiger partial charge in [-0.25, -0.2) is 4.99 Å². The zero-order valence-corrected chi connectivity index (χ0v) is 12.4. The van der Waals surface area contributed by atoms with Crippen LogP contribution in [-0.2, 0) is 4.79 Å². The summed E-state index contributed by atoms with van der Waals surface area (Å²) in [4.78, 5) is 15.9. The van der Waals surface area contributed by atoms with E-state index in [9.17, 15) is 4.79 Å². The fraction of sp³-hybridized carbons (Fsp3) is 0.333. The maximum Gasteiger partial charge on any atom is 0.258 e. The third kappa shape index (κ3) is 2.61. The molecule has 1 N–H and O–H groups in total. The zero-order valence-electron chi connectivity index (χ0n) is 11.6. The predicted octanol–water partition coefficient (Wildman–Crippen LogP) is 2.78. The lowest BCUT2D eigenvalue weighted by Crippen LogP contribution is -2.37. The summed E-state index contributed by atoms with van der Waals surface area (Å²) < 4.78 is 11.3. The average molecular weight is 307 g/mol. The lowest BCUT2D eigenvalue weighted by molar-refractivity contribution is -0.117. The maximum atomic E-state index is 11.8. The van der Waals surface area contributed by atoms with Crippen LogP contribution in [0.25, 0.3) is 6.08 Å². The quantitative estimate of drug-likeness (QED) is 0.870. The van der Waals surface area contributed by atoms with Crippen LogP contribution in [0.1, 0.15) is 25.3 Å². The van der Waals surface area contributed by atoms with E-state index in [1.165, 1.54) is 0 Å². The van der Waals surface area contributed by atoms with Gasteiger partial charge in [-0.2, -0.15) is 0 Å². The standard InChI is InChI=1S/C15H15ClN2O3/c1-2-3-6-20-11-5-4-9-7-10-14(19)17-8-18-15(10)21-13(9)12(11)16/h4-5,7H,2-3,6,8H2,1H3,(H,17,19). The summed E-state index contributed by atoms with van der Waals surface area (Å²) in [5.41, 5.74) is 1.17. The van der Waals surface area contributed by atoms with Crippen molar-refractivity contribution < 1.29 is 14.3 Å².